The van der Waals surface area contributed by atoms with Gasteiger partial charge in [0, 0.05) is 40.4 Å². The average molecular weight is 523 g/mol. The van der Waals surface area contributed by atoms with E-state index in [1.807, 2.05) is 25.1 Å². The predicted molar refractivity (Wildman–Crippen MR) is 136 cm³/mol. The normalized spacial score (nSPS) is 27.3. The van der Waals surface area contributed by atoms with Crippen LogP contribution < -0.4 is 15.4 Å². The van der Waals surface area contributed by atoms with Crippen LogP contribution in [0.2, 0.25) is 5.02 Å². The summed E-state index contributed by atoms with van der Waals surface area (Å²) in [6, 6.07) is 10.3. The van der Waals surface area contributed by atoms with Gasteiger partial charge < -0.3 is 20.5 Å². The lowest BCUT2D eigenvalue weighted by molar-refractivity contribution is 0.0539. The van der Waals surface area contributed by atoms with Gasteiger partial charge in [0.05, 0.1) is 22.7 Å². The molecule has 3 aromatic rings. The molecule has 2 unspecified atom stereocenters. The van der Waals surface area contributed by atoms with Crippen molar-refractivity contribution < 1.29 is 23.4 Å². The van der Waals surface area contributed by atoms with Gasteiger partial charge in [0.2, 0.25) is 0 Å². The summed E-state index contributed by atoms with van der Waals surface area (Å²) in [5, 5.41) is 16.9. The second-order valence-corrected chi connectivity index (χ2v) is 11.0. The number of anilines is 1. The van der Waals surface area contributed by atoms with Crippen molar-refractivity contribution in [2.24, 2.45) is 0 Å². The van der Waals surface area contributed by atoms with Crippen LogP contribution in [0.15, 0.2) is 36.4 Å². The third-order valence-corrected chi connectivity index (χ3v) is 8.89. The van der Waals surface area contributed by atoms with E-state index in [4.69, 9.17) is 16.3 Å². The third-order valence-electron chi connectivity index (χ3n) is 8.52. The summed E-state index contributed by atoms with van der Waals surface area (Å²) in [5.74, 6) is -1.87. The van der Waals surface area contributed by atoms with Gasteiger partial charge in [-0.15, -0.1) is 0 Å². The monoisotopic (exact) mass is 522 g/mol. The van der Waals surface area contributed by atoms with E-state index in [0.29, 0.717) is 29.7 Å². The molecular formula is C29H25ClF2N2O3. The summed E-state index contributed by atoms with van der Waals surface area (Å²) < 4.78 is 38.5. The lowest BCUT2D eigenvalue weighted by Crippen LogP contribution is -2.49. The second kappa shape index (κ2) is 8.00. The van der Waals surface area contributed by atoms with Crippen molar-refractivity contribution in [3.63, 3.8) is 0 Å². The third kappa shape index (κ3) is 3.17. The molecule has 4 bridgehead atoms. The molecule has 0 radical (unpaired) electrons. The molecule has 3 heterocycles. The summed E-state index contributed by atoms with van der Waals surface area (Å²) in [5.41, 5.74) is 1.84. The number of fused-ring (bicyclic) bond motifs is 7. The SMILES string of the molecule is CC1CC(O)c2c1cc1c(c2F)-c2c(Cl)c(F)cc3c2C[C@]([C@@H]2CCCN2)(O3)c2cccc(c2)NC1=O. The van der Waals surface area contributed by atoms with Crippen molar-refractivity contribution >= 4 is 23.2 Å². The van der Waals surface area contributed by atoms with Crippen molar-refractivity contribution in [3.8, 4) is 16.9 Å². The zero-order valence-corrected chi connectivity index (χ0v) is 20.9. The molecule has 4 aliphatic rings. The van der Waals surface area contributed by atoms with E-state index in [1.54, 1.807) is 12.1 Å². The van der Waals surface area contributed by atoms with Crippen LogP contribution >= 0.6 is 11.6 Å². The number of amides is 1. The molecule has 1 aliphatic carbocycles. The molecule has 8 heteroatoms. The summed E-state index contributed by atoms with van der Waals surface area (Å²) in [4.78, 5) is 13.7. The Balaban J connectivity index is 1.59. The van der Waals surface area contributed by atoms with E-state index in [9.17, 15) is 9.90 Å². The number of rotatable bonds is 1. The van der Waals surface area contributed by atoms with Crippen LogP contribution in [0.25, 0.3) is 11.1 Å². The molecule has 190 valence electrons. The van der Waals surface area contributed by atoms with Gasteiger partial charge in [-0.3, -0.25) is 4.79 Å². The number of nitrogens with one attached hydrogen (secondary N) is 2. The Kier molecular flexibility index (Phi) is 5.00. The van der Waals surface area contributed by atoms with Gasteiger partial charge in [-0.25, -0.2) is 8.78 Å². The maximum Gasteiger partial charge on any atom is 0.256 e. The minimum atomic E-state index is -1.02. The highest BCUT2D eigenvalue weighted by atomic mass is 35.5. The van der Waals surface area contributed by atoms with Gasteiger partial charge >= 0.3 is 0 Å². The van der Waals surface area contributed by atoms with E-state index in [1.165, 1.54) is 6.07 Å². The molecule has 0 aromatic heterocycles. The van der Waals surface area contributed by atoms with E-state index in [2.05, 4.69) is 10.6 Å². The topological polar surface area (TPSA) is 70.6 Å². The Morgan fingerprint density at radius 3 is 2.81 bits per heavy atom. The standard InChI is InChI=1S/C29H25ClF2N2O3/c1-13-8-20(35)23-16(13)10-17-25(27(23)32)24-18-12-29(22-6-3-7-33-22,37-21(18)11-19(31)26(24)30)14-4-2-5-15(9-14)34-28(17)36/h2,4-5,9-11,13,20,22,33,35H,3,6-8,12H2,1H3,(H,34,36)/t13?,20?,22-,29-/m0/s1. The lowest BCUT2D eigenvalue weighted by Gasteiger charge is -2.35. The predicted octanol–water partition coefficient (Wildman–Crippen LogP) is 5.97. The Morgan fingerprint density at radius 2 is 2.03 bits per heavy atom. The average Bonchev–Trinajstić information content (AvgIpc) is 3.59. The number of benzene rings is 3. The van der Waals surface area contributed by atoms with Crippen LogP contribution in [-0.4, -0.2) is 23.6 Å². The summed E-state index contributed by atoms with van der Waals surface area (Å²) in [6.07, 6.45) is 1.45. The molecule has 3 aromatic carbocycles. The number of halogens is 3. The van der Waals surface area contributed by atoms with E-state index in [-0.39, 0.29) is 45.0 Å². The first-order valence-electron chi connectivity index (χ1n) is 12.7. The number of hydrogen-bond donors (Lipinski definition) is 3. The smallest absolute Gasteiger partial charge is 0.256 e. The highest BCUT2D eigenvalue weighted by Gasteiger charge is 2.51. The van der Waals surface area contributed by atoms with Gasteiger partial charge in [-0.1, -0.05) is 30.7 Å². The highest BCUT2D eigenvalue weighted by Crippen LogP contribution is 2.54. The number of carbonyl (C=O) groups is 1. The molecule has 37 heavy (non-hydrogen) atoms. The van der Waals surface area contributed by atoms with Crippen LogP contribution in [0.5, 0.6) is 5.75 Å². The zero-order chi connectivity index (χ0) is 25.6. The summed E-state index contributed by atoms with van der Waals surface area (Å²) in [6.45, 7) is 2.71. The minimum Gasteiger partial charge on any atom is -0.480 e. The quantitative estimate of drug-likeness (QED) is 0.368. The number of aliphatic hydroxyl groups is 1. The molecule has 1 fully saturated rings. The van der Waals surface area contributed by atoms with Crippen molar-refractivity contribution in [2.45, 2.75) is 56.3 Å². The van der Waals surface area contributed by atoms with E-state index in [0.717, 1.165) is 24.9 Å². The fraction of sp³-hybridized carbons (Fsp3) is 0.345. The van der Waals surface area contributed by atoms with Crippen molar-refractivity contribution in [2.75, 3.05) is 11.9 Å². The van der Waals surface area contributed by atoms with Gasteiger partial charge in [-0.2, -0.15) is 0 Å². The molecule has 1 saturated heterocycles. The summed E-state index contributed by atoms with van der Waals surface area (Å²) >= 11 is 6.60. The van der Waals surface area contributed by atoms with Gasteiger partial charge in [0.25, 0.3) is 5.91 Å². The highest BCUT2D eigenvalue weighted by molar-refractivity contribution is 6.34. The van der Waals surface area contributed by atoms with Crippen molar-refractivity contribution in [1.82, 2.24) is 5.32 Å². The first kappa shape index (κ1) is 23.1. The molecule has 3 N–H and O–H groups in total. The Morgan fingerprint density at radius 1 is 1.19 bits per heavy atom. The molecule has 0 spiro atoms. The van der Waals surface area contributed by atoms with Crippen LogP contribution in [0, 0.1) is 11.6 Å². The Bertz CT molecular complexity index is 1500. The minimum absolute atomic E-state index is 0.0516. The van der Waals surface area contributed by atoms with Crippen molar-refractivity contribution in [3.05, 3.63) is 80.9 Å². The fourth-order valence-corrected chi connectivity index (χ4v) is 7.06. The second-order valence-electron chi connectivity index (χ2n) is 10.6. The van der Waals surface area contributed by atoms with Gasteiger partial charge in [0.1, 0.15) is 17.4 Å². The van der Waals surface area contributed by atoms with Crippen LogP contribution in [0.3, 0.4) is 0 Å². The lowest BCUT2D eigenvalue weighted by atomic mass is 9.80. The summed E-state index contributed by atoms with van der Waals surface area (Å²) in [7, 11) is 0. The number of hydrogen-bond acceptors (Lipinski definition) is 4. The molecule has 3 aliphatic heterocycles. The molecule has 4 atom stereocenters. The number of ether oxygens (including phenoxy) is 1. The maximum absolute atomic E-state index is 16.5. The van der Waals surface area contributed by atoms with E-state index >= 15 is 8.78 Å². The van der Waals surface area contributed by atoms with Gasteiger partial charge in [0.15, 0.2) is 5.60 Å². The molecule has 0 saturated carbocycles. The number of aliphatic hydroxyl groups excluding tert-OH is 1. The van der Waals surface area contributed by atoms with Crippen LogP contribution in [0.4, 0.5) is 14.5 Å². The van der Waals surface area contributed by atoms with E-state index < -0.39 is 29.2 Å². The fourth-order valence-electron chi connectivity index (χ4n) is 6.80. The molecule has 1 amide bonds. The Labute approximate surface area is 217 Å². The van der Waals surface area contributed by atoms with Crippen LogP contribution in [0.1, 0.15) is 70.8 Å². The molecular weight excluding hydrogens is 498 g/mol. The Hall–Kier alpha value is -3.00. The van der Waals surface area contributed by atoms with Gasteiger partial charge in [-0.05, 0) is 61.1 Å². The number of carbonyl (C=O) groups excluding carboxylic acids is 1. The van der Waals surface area contributed by atoms with Crippen molar-refractivity contribution in [1.29, 1.82) is 0 Å². The zero-order valence-electron chi connectivity index (χ0n) is 20.1. The molecule has 5 nitrogen and oxygen atoms in total. The maximum atomic E-state index is 16.5. The van der Waals surface area contributed by atoms with Crippen LogP contribution in [-0.2, 0) is 12.0 Å². The largest absolute Gasteiger partial charge is 0.480 e. The first-order chi connectivity index (χ1) is 17.8. The molecule has 7 rings (SSSR count). The first-order valence-corrected chi connectivity index (χ1v) is 13.1.